The molecule has 0 saturated carbocycles. The fourth-order valence-electron chi connectivity index (χ4n) is 4.68. The Labute approximate surface area is 207 Å². The van der Waals surface area contributed by atoms with E-state index < -0.39 is 40.3 Å². The van der Waals surface area contributed by atoms with Crippen LogP contribution in [0, 0.1) is 0 Å². The molecule has 1 aromatic heterocycles. The molecule has 0 bridgehead atoms. The second-order valence-corrected chi connectivity index (χ2v) is 8.51. The van der Waals surface area contributed by atoms with Gasteiger partial charge in [0.05, 0.1) is 13.5 Å². The zero-order chi connectivity index (χ0) is 26.0. The van der Waals surface area contributed by atoms with Crippen molar-refractivity contribution < 1.29 is 48.6 Å². The first-order valence-electron chi connectivity index (χ1n) is 11.0. The van der Waals surface area contributed by atoms with E-state index in [1.165, 1.54) is 13.2 Å². The van der Waals surface area contributed by atoms with Crippen LogP contribution >= 0.6 is 0 Å². The Balaban J connectivity index is 1.65. The highest BCUT2D eigenvalue weighted by molar-refractivity contribution is 5.94. The third kappa shape index (κ3) is 3.35. The molecule has 4 N–H and O–H groups in total. The zero-order valence-electron chi connectivity index (χ0n) is 19.1. The Morgan fingerprint density at radius 1 is 0.919 bits per heavy atom. The molecule has 0 amide bonds. The van der Waals surface area contributed by atoms with Crippen LogP contribution < -0.4 is 24.4 Å². The molecular weight excluding hydrogens is 488 g/mol. The maximum atomic E-state index is 13.2. The van der Waals surface area contributed by atoms with Crippen LogP contribution in [0.25, 0.3) is 22.3 Å². The van der Waals surface area contributed by atoms with Gasteiger partial charge in [0.2, 0.25) is 23.7 Å². The average molecular weight is 506 g/mol. The summed E-state index contributed by atoms with van der Waals surface area (Å²) in [5.74, 6) is -2.78. The first-order valence-corrected chi connectivity index (χ1v) is 11.0. The van der Waals surface area contributed by atoms with Crippen LogP contribution in [0.1, 0.15) is 23.5 Å². The van der Waals surface area contributed by atoms with Gasteiger partial charge < -0.3 is 43.8 Å². The number of hydrogen-bond acceptors (Lipinski definition) is 11. The normalized spacial score (nSPS) is 15.9. The van der Waals surface area contributed by atoms with Gasteiger partial charge >= 0.3 is 5.97 Å². The molecule has 2 aliphatic heterocycles. The summed E-state index contributed by atoms with van der Waals surface area (Å²) < 4.78 is 27.8. The van der Waals surface area contributed by atoms with Gasteiger partial charge in [0.25, 0.3) is 0 Å². The molecular formula is C26H18O11. The predicted molar refractivity (Wildman–Crippen MR) is 126 cm³/mol. The zero-order valence-corrected chi connectivity index (χ0v) is 19.1. The third-order valence-electron chi connectivity index (χ3n) is 6.39. The number of phenolic OH excluding ortho intramolecular Hbond substituents is 3. The van der Waals surface area contributed by atoms with Crippen molar-refractivity contribution >= 4 is 16.9 Å². The van der Waals surface area contributed by atoms with Gasteiger partial charge in [-0.25, -0.2) is 0 Å². The lowest BCUT2D eigenvalue weighted by atomic mass is 9.84. The Morgan fingerprint density at radius 2 is 1.73 bits per heavy atom. The van der Waals surface area contributed by atoms with Gasteiger partial charge in [0.15, 0.2) is 28.8 Å². The maximum Gasteiger partial charge on any atom is 0.312 e. The van der Waals surface area contributed by atoms with Gasteiger partial charge in [0.1, 0.15) is 22.5 Å². The van der Waals surface area contributed by atoms with Crippen LogP contribution in [-0.2, 0) is 4.79 Å². The van der Waals surface area contributed by atoms with Crippen molar-refractivity contribution in [3.8, 4) is 57.3 Å². The first kappa shape index (κ1) is 22.4. The van der Waals surface area contributed by atoms with Crippen molar-refractivity contribution in [3.63, 3.8) is 0 Å². The summed E-state index contributed by atoms with van der Waals surface area (Å²) in [7, 11) is 1.46. The van der Waals surface area contributed by atoms with E-state index in [0.29, 0.717) is 22.8 Å². The highest BCUT2D eigenvalue weighted by Crippen LogP contribution is 2.50. The van der Waals surface area contributed by atoms with Crippen molar-refractivity contribution in [2.75, 3.05) is 13.9 Å². The predicted octanol–water partition coefficient (Wildman–Crippen LogP) is 3.46. The van der Waals surface area contributed by atoms with E-state index in [2.05, 4.69) is 0 Å². The van der Waals surface area contributed by atoms with E-state index in [4.69, 9.17) is 23.4 Å². The molecule has 11 nitrogen and oxygen atoms in total. The molecule has 1 unspecified atom stereocenters. The number of benzene rings is 3. The molecule has 4 aromatic rings. The third-order valence-corrected chi connectivity index (χ3v) is 6.39. The van der Waals surface area contributed by atoms with Crippen molar-refractivity contribution in [1.29, 1.82) is 0 Å². The van der Waals surface area contributed by atoms with Gasteiger partial charge in [0, 0.05) is 23.1 Å². The van der Waals surface area contributed by atoms with Gasteiger partial charge in [-0.1, -0.05) is 0 Å². The average Bonchev–Trinajstić information content (AvgIpc) is 3.35. The number of aromatic hydroxyl groups is 4. The number of esters is 1. The van der Waals surface area contributed by atoms with Crippen LogP contribution in [-0.4, -0.2) is 40.3 Å². The number of carbonyl (C=O) groups is 1. The van der Waals surface area contributed by atoms with Crippen LogP contribution in [0.2, 0.25) is 0 Å². The topological polar surface area (TPSA) is 165 Å². The minimum Gasteiger partial charge on any atom is -0.507 e. The number of methoxy groups -OCH3 is 1. The second kappa shape index (κ2) is 7.98. The molecule has 37 heavy (non-hydrogen) atoms. The largest absolute Gasteiger partial charge is 0.507 e. The Bertz CT molecular complexity index is 1690. The summed E-state index contributed by atoms with van der Waals surface area (Å²) in [6.07, 6.45) is -0.143. The van der Waals surface area contributed by atoms with E-state index in [1.807, 2.05) is 0 Å². The van der Waals surface area contributed by atoms with Crippen LogP contribution in [0.15, 0.2) is 45.6 Å². The Morgan fingerprint density at radius 3 is 2.49 bits per heavy atom. The van der Waals surface area contributed by atoms with Gasteiger partial charge in [-0.2, -0.15) is 0 Å². The number of hydrogen-bond donors (Lipinski definition) is 4. The fourth-order valence-corrected chi connectivity index (χ4v) is 4.68. The molecule has 3 heterocycles. The summed E-state index contributed by atoms with van der Waals surface area (Å²) in [5.41, 5.74) is -0.157. The molecule has 6 rings (SSSR count). The van der Waals surface area contributed by atoms with E-state index in [9.17, 15) is 30.0 Å². The molecule has 2 aliphatic rings. The number of fused-ring (bicyclic) bond motifs is 4. The Hall–Kier alpha value is -5.06. The van der Waals surface area contributed by atoms with E-state index in [0.717, 1.165) is 18.2 Å². The van der Waals surface area contributed by atoms with Crippen LogP contribution in [0.3, 0.4) is 0 Å². The SMILES string of the molecule is COc1cc(C2CC(=O)Oc3cc(O)c4c(=O)c(O)c(-c5ccc(O)c(O)c5)oc4c32)cc2c1OCO2. The summed E-state index contributed by atoms with van der Waals surface area (Å²) >= 11 is 0. The minimum absolute atomic E-state index is 0.00771. The maximum absolute atomic E-state index is 13.2. The molecule has 0 aliphatic carbocycles. The standard InChI is InChI=1S/C26H18O11/c1-33-17-5-11(6-18-25(17)35-9-34-18)12-7-19(30)36-16-8-15(29)21-22(31)23(32)24(37-26(21)20(12)16)10-2-3-13(27)14(28)4-10/h2-6,8,12,27-29,32H,7,9H2,1H3. The number of rotatable bonds is 3. The van der Waals surface area contributed by atoms with Gasteiger partial charge in [-0.3, -0.25) is 9.59 Å². The Kier molecular flexibility index (Phi) is 4.83. The quantitative estimate of drug-likeness (QED) is 0.183. The molecule has 11 heteroatoms. The molecule has 1 atom stereocenters. The molecule has 0 radical (unpaired) electrons. The highest BCUT2D eigenvalue weighted by atomic mass is 16.7. The molecule has 0 saturated heterocycles. The summed E-state index contributed by atoms with van der Waals surface area (Å²) in [6.45, 7) is -0.00771. The smallest absolute Gasteiger partial charge is 0.312 e. The second-order valence-electron chi connectivity index (χ2n) is 8.51. The monoisotopic (exact) mass is 506 g/mol. The van der Waals surface area contributed by atoms with E-state index in [1.54, 1.807) is 12.1 Å². The number of carbonyl (C=O) groups excluding carboxylic acids is 1. The van der Waals surface area contributed by atoms with Gasteiger partial charge in [-0.15, -0.1) is 0 Å². The minimum atomic E-state index is -0.942. The van der Waals surface area contributed by atoms with Gasteiger partial charge in [-0.05, 0) is 35.9 Å². The summed E-state index contributed by atoms with van der Waals surface area (Å²) in [4.78, 5) is 25.7. The number of ether oxygens (including phenoxy) is 4. The lowest BCUT2D eigenvalue weighted by molar-refractivity contribution is -0.135. The van der Waals surface area contributed by atoms with Crippen LogP contribution in [0.5, 0.6) is 46.0 Å². The molecule has 0 spiro atoms. The lowest BCUT2D eigenvalue weighted by Gasteiger charge is -2.26. The molecule has 0 fully saturated rings. The summed E-state index contributed by atoms with van der Waals surface area (Å²) in [6, 6.07) is 8.05. The lowest BCUT2D eigenvalue weighted by Crippen LogP contribution is -2.22. The molecule has 3 aromatic carbocycles. The van der Waals surface area contributed by atoms with E-state index >= 15 is 0 Å². The van der Waals surface area contributed by atoms with Crippen molar-refractivity contribution in [1.82, 2.24) is 0 Å². The van der Waals surface area contributed by atoms with Crippen LogP contribution in [0.4, 0.5) is 0 Å². The fraction of sp³-hybridized carbons (Fsp3) is 0.154. The van der Waals surface area contributed by atoms with E-state index in [-0.39, 0.29) is 46.8 Å². The summed E-state index contributed by atoms with van der Waals surface area (Å²) in [5, 5.41) is 40.6. The highest BCUT2D eigenvalue weighted by Gasteiger charge is 2.36. The molecule has 188 valence electrons. The van der Waals surface area contributed by atoms with Crippen molar-refractivity contribution in [2.24, 2.45) is 0 Å². The number of phenols is 3. The van der Waals surface area contributed by atoms with Crippen molar-refractivity contribution in [2.45, 2.75) is 12.3 Å². The van der Waals surface area contributed by atoms with Crippen molar-refractivity contribution in [3.05, 3.63) is 57.7 Å². The first-order chi connectivity index (χ1) is 17.8.